The van der Waals surface area contributed by atoms with Crippen molar-refractivity contribution in [2.75, 3.05) is 5.73 Å². The highest BCUT2D eigenvalue weighted by Crippen LogP contribution is 2.51. The normalized spacial score (nSPS) is 21.3. The molecule has 1 atom stereocenters. The van der Waals surface area contributed by atoms with Crippen LogP contribution in [0.1, 0.15) is 20.3 Å². The number of nitrogens with two attached hydrogens (primary N) is 1. The molecular formula is C12H16N2O3S. The Kier molecular flexibility index (Phi) is 2.85. The maximum absolute atomic E-state index is 12.0. The zero-order valence-electron chi connectivity index (χ0n) is 10.3. The molecule has 1 fully saturated rings. The van der Waals surface area contributed by atoms with Crippen LogP contribution in [0.15, 0.2) is 29.2 Å². The van der Waals surface area contributed by atoms with E-state index in [9.17, 15) is 13.2 Å². The van der Waals surface area contributed by atoms with Crippen LogP contribution in [0.4, 0.5) is 5.69 Å². The van der Waals surface area contributed by atoms with Gasteiger partial charge in [-0.15, -0.1) is 0 Å². The minimum absolute atomic E-state index is 0.00862. The number of amides is 1. The molecule has 0 radical (unpaired) electrons. The van der Waals surface area contributed by atoms with Gasteiger partial charge < -0.3 is 5.73 Å². The van der Waals surface area contributed by atoms with Crippen LogP contribution in [-0.2, 0) is 14.8 Å². The molecule has 0 aliphatic heterocycles. The maximum Gasteiger partial charge on any atom is 0.264 e. The lowest BCUT2D eigenvalue weighted by Gasteiger charge is -2.08. The van der Waals surface area contributed by atoms with Crippen molar-refractivity contribution in [3.05, 3.63) is 24.3 Å². The molecule has 0 heterocycles. The zero-order valence-corrected chi connectivity index (χ0v) is 11.1. The van der Waals surface area contributed by atoms with Gasteiger partial charge in [0.05, 0.1) is 4.90 Å². The van der Waals surface area contributed by atoms with E-state index in [0.717, 1.165) is 0 Å². The van der Waals surface area contributed by atoms with Crippen molar-refractivity contribution < 1.29 is 13.2 Å². The number of nitrogens with one attached hydrogen (secondary N) is 1. The molecular weight excluding hydrogens is 252 g/mol. The van der Waals surface area contributed by atoms with E-state index >= 15 is 0 Å². The van der Waals surface area contributed by atoms with E-state index in [2.05, 4.69) is 4.72 Å². The third-order valence-corrected chi connectivity index (χ3v) is 4.58. The van der Waals surface area contributed by atoms with E-state index < -0.39 is 15.9 Å². The molecule has 1 amide bonds. The lowest BCUT2D eigenvalue weighted by molar-refractivity contribution is -0.121. The molecule has 1 aromatic carbocycles. The molecule has 1 aliphatic carbocycles. The molecule has 0 spiro atoms. The van der Waals surface area contributed by atoms with Gasteiger partial charge >= 0.3 is 0 Å². The van der Waals surface area contributed by atoms with E-state index in [0.29, 0.717) is 12.1 Å². The van der Waals surface area contributed by atoms with Gasteiger partial charge in [-0.2, -0.15) is 0 Å². The average Bonchev–Trinajstić information content (AvgIpc) is 2.87. The molecule has 1 aromatic rings. The Hall–Kier alpha value is -1.56. The van der Waals surface area contributed by atoms with Crippen LogP contribution >= 0.6 is 0 Å². The number of hydrogen-bond donors (Lipinski definition) is 2. The molecule has 1 aliphatic rings. The van der Waals surface area contributed by atoms with Gasteiger partial charge in [-0.25, -0.2) is 13.1 Å². The number of sulfonamides is 1. The lowest BCUT2D eigenvalue weighted by Crippen LogP contribution is -2.32. The van der Waals surface area contributed by atoms with E-state index in [1.807, 2.05) is 13.8 Å². The largest absolute Gasteiger partial charge is 0.399 e. The van der Waals surface area contributed by atoms with Crippen LogP contribution in [0.5, 0.6) is 0 Å². The number of hydrogen-bond acceptors (Lipinski definition) is 4. The average molecular weight is 268 g/mol. The highest BCUT2D eigenvalue weighted by Gasteiger charge is 2.51. The summed E-state index contributed by atoms with van der Waals surface area (Å²) in [6.45, 7) is 3.87. The van der Waals surface area contributed by atoms with Gasteiger partial charge in [0, 0.05) is 11.6 Å². The van der Waals surface area contributed by atoms with Crippen LogP contribution in [0.2, 0.25) is 0 Å². The molecule has 5 nitrogen and oxygen atoms in total. The van der Waals surface area contributed by atoms with Crippen LogP contribution in [-0.4, -0.2) is 14.3 Å². The monoisotopic (exact) mass is 268 g/mol. The summed E-state index contributed by atoms with van der Waals surface area (Å²) < 4.78 is 26.0. The van der Waals surface area contributed by atoms with Crippen LogP contribution < -0.4 is 10.5 Å². The summed E-state index contributed by atoms with van der Waals surface area (Å²) in [5.74, 6) is -0.671. The SMILES string of the molecule is CC1(C)CC1C(=O)NS(=O)(=O)c1cccc(N)c1. The smallest absolute Gasteiger partial charge is 0.264 e. The van der Waals surface area contributed by atoms with E-state index in [1.165, 1.54) is 18.2 Å². The molecule has 18 heavy (non-hydrogen) atoms. The Bertz CT molecular complexity index is 593. The summed E-state index contributed by atoms with van der Waals surface area (Å²) in [5.41, 5.74) is 5.77. The number of anilines is 1. The lowest BCUT2D eigenvalue weighted by atomic mass is 10.1. The van der Waals surface area contributed by atoms with Crippen molar-refractivity contribution >= 4 is 21.6 Å². The van der Waals surface area contributed by atoms with Crippen molar-refractivity contribution in [2.24, 2.45) is 11.3 Å². The number of benzene rings is 1. The second-order valence-corrected chi connectivity index (χ2v) is 6.97. The van der Waals surface area contributed by atoms with Crippen molar-refractivity contribution in [1.82, 2.24) is 4.72 Å². The van der Waals surface area contributed by atoms with Gasteiger partial charge in [-0.1, -0.05) is 19.9 Å². The van der Waals surface area contributed by atoms with Crippen molar-refractivity contribution in [3.63, 3.8) is 0 Å². The van der Waals surface area contributed by atoms with Crippen LogP contribution in [0.25, 0.3) is 0 Å². The number of nitrogen functional groups attached to an aromatic ring is 1. The van der Waals surface area contributed by atoms with E-state index in [1.54, 1.807) is 6.07 Å². The minimum atomic E-state index is -3.82. The first kappa shape index (κ1) is 12.9. The summed E-state index contributed by atoms with van der Waals surface area (Å²) in [6, 6.07) is 5.86. The van der Waals surface area contributed by atoms with E-state index in [4.69, 9.17) is 5.73 Å². The number of rotatable bonds is 3. The third-order valence-electron chi connectivity index (χ3n) is 3.23. The summed E-state index contributed by atoms with van der Waals surface area (Å²) in [7, 11) is -3.82. The second-order valence-electron chi connectivity index (χ2n) is 5.29. The fourth-order valence-electron chi connectivity index (χ4n) is 1.86. The zero-order chi connectivity index (χ0) is 13.6. The predicted octanol–water partition coefficient (Wildman–Crippen LogP) is 1.12. The first-order valence-corrected chi connectivity index (χ1v) is 7.13. The third kappa shape index (κ3) is 2.48. The molecule has 0 saturated heterocycles. The minimum Gasteiger partial charge on any atom is -0.399 e. The van der Waals surface area contributed by atoms with Gasteiger partial charge in [0.1, 0.15) is 0 Å². The molecule has 0 aromatic heterocycles. The standard InChI is InChI=1S/C12H16N2O3S/c1-12(2)7-10(12)11(15)14-18(16,17)9-5-3-4-8(13)6-9/h3-6,10H,7,13H2,1-2H3,(H,14,15). The van der Waals surface area contributed by atoms with Crippen LogP contribution in [0.3, 0.4) is 0 Å². The Balaban J connectivity index is 2.16. The first-order chi connectivity index (χ1) is 8.22. The molecule has 1 saturated carbocycles. The van der Waals surface area contributed by atoms with Gasteiger partial charge in [0.15, 0.2) is 0 Å². The van der Waals surface area contributed by atoms with E-state index in [-0.39, 0.29) is 16.2 Å². The number of carbonyl (C=O) groups excluding carboxylic acids is 1. The van der Waals surface area contributed by atoms with Crippen molar-refractivity contribution in [1.29, 1.82) is 0 Å². The quantitative estimate of drug-likeness (QED) is 0.804. The fraction of sp³-hybridized carbons (Fsp3) is 0.417. The highest BCUT2D eigenvalue weighted by molar-refractivity contribution is 7.90. The Morgan fingerprint density at radius 1 is 1.44 bits per heavy atom. The molecule has 6 heteroatoms. The maximum atomic E-state index is 12.0. The Morgan fingerprint density at radius 2 is 2.06 bits per heavy atom. The predicted molar refractivity (Wildman–Crippen MR) is 68.1 cm³/mol. The first-order valence-electron chi connectivity index (χ1n) is 5.64. The topological polar surface area (TPSA) is 89.3 Å². The van der Waals surface area contributed by atoms with Gasteiger partial charge in [-0.05, 0) is 30.0 Å². The molecule has 98 valence electrons. The van der Waals surface area contributed by atoms with Crippen molar-refractivity contribution in [3.8, 4) is 0 Å². The molecule has 0 bridgehead atoms. The van der Waals surface area contributed by atoms with Gasteiger partial charge in [-0.3, -0.25) is 4.79 Å². The summed E-state index contributed by atoms with van der Waals surface area (Å²) >= 11 is 0. The number of carbonyl (C=O) groups is 1. The summed E-state index contributed by atoms with van der Waals surface area (Å²) in [5, 5.41) is 0. The molecule has 1 unspecified atom stereocenters. The fourth-order valence-corrected chi connectivity index (χ4v) is 2.93. The Labute approximate surface area is 106 Å². The second kappa shape index (κ2) is 3.98. The van der Waals surface area contributed by atoms with Crippen LogP contribution in [0, 0.1) is 11.3 Å². The molecule has 3 N–H and O–H groups in total. The molecule has 2 rings (SSSR count). The van der Waals surface area contributed by atoms with Gasteiger partial charge in [0.25, 0.3) is 10.0 Å². The summed E-state index contributed by atoms with van der Waals surface area (Å²) in [4.78, 5) is 11.8. The summed E-state index contributed by atoms with van der Waals surface area (Å²) in [6.07, 6.45) is 0.714. The Morgan fingerprint density at radius 3 is 2.56 bits per heavy atom. The van der Waals surface area contributed by atoms with Crippen molar-refractivity contribution in [2.45, 2.75) is 25.2 Å². The van der Waals surface area contributed by atoms with Gasteiger partial charge in [0.2, 0.25) is 5.91 Å². The highest BCUT2D eigenvalue weighted by atomic mass is 32.2.